The van der Waals surface area contributed by atoms with Crippen LogP contribution in [0, 0.1) is 17.3 Å². The van der Waals surface area contributed by atoms with Crippen LogP contribution < -0.4 is 9.62 Å². The summed E-state index contributed by atoms with van der Waals surface area (Å²) >= 11 is 0. The van der Waals surface area contributed by atoms with E-state index in [2.05, 4.69) is 49.8 Å². The molecular formula is C34H42N4O4S2. The highest BCUT2D eigenvalue weighted by atomic mass is 32.2. The molecule has 2 saturated heterocycles. The van der Waals surface area contributed by atoms with E-state index in [1.54, 1.807) is 12.1 Å². The predicted molar refractivity (Wildman–Crippen MR) is 172 cm³/mol. The Balaban J connectivity index is 0.960. The number of nitrogens with zero attached hydrogens (tertiary/aromatic N) is 3. The molecule has 2 aliphatic heterocycles. The first-order valence-electron chi connectivity index (χ1n) is 15.9. The summed E-state index contributed by atoms with van der Waals surface area (Å²) in [6, 6.07) is 21.2. The highest BCUT2D eigenvalue weighted by Gasteiger charge is 2.74. The van der Waals surface area contributed by atoms with E-state index >= 15 is 0 Å². The number of rotatable bonds is 9. The molecule has 1 N–H and O–H groups in total. The molecule has 4 aliphatic rings. The number of hydrogen-bond acceptors (Lipinski definition) is 7. The number of pyridine rings is 1. The fraction of sp³-hybridized carbons (Fsp3) is 0.500. The number of hydrogen-bond donors (Lipinski definition) is 1. The molecule has 2 aromatic carbocycles. The molecule has 1 spiro atoms. The van der Waals surface area contributed by atoms with Gasteiger partial charge in [-0.1, -0.05) is 36.8 Å². The van der Waals surface area contributed by atoms with Crippen LogP contribution >= 0.6 is 0 Å². The van der Waals surface area contributed by atoms with E-state index < -0.39 is 19.9 Å². The van der Waals surface area contributed by atoms with Gasteiger partial charge < -0.3 is 9.80 Å². The lowest BCUT2D eigenvalue weighted by atomic mass is 9.70. The van der Waals surface area contributed by atoms with Gasteiger partial charge in [-0.3, -0.25) is 4.98 Å². The molecule has 2 unspecified atom stereocenters. The van der Waals surface area contributed by atoms with Crippen LogP contribution in [0.25, 0.3) is 0 Å². The number of aromatic nitrogens is 1. The van der Waals surface area contributed by atoms with Crippen molar-refractivity contribution in [1.82, 2.24) is 14.6 Å². The third-order valence-electron chi connectivity index (χ3n) is 11.0. The molecule has 3 aromatic rings. The fourth-order valence-corrected chi connectivity index (χ4v) is 11.1. The number of sulfonamides is 1. The Bertz CT molecular complexity index is 1690. The van der Waals surface area contributed by atoms with Crippen molar-refractivity contribution >= 4 is 25.5 Å². The maximum Gasteiger partial charge on any atom is 0.208 e. The summed E-state index contributed by atoms with van der Waals surface area (Å²) in [6.07, 6.45) is 10.8. The Kier molecular flexibility index (Phi) is 7.63. The normalized spacial score (nSPS) is 28.3. The first-order chi connectivity index (χ1) is 21.1. The minimum absolute atomic E-state index is 0.0292. The monoisotopic (exact) mass is 634 g/mol. The van der Waals surface area contributed by atoms with Crippen LogP contribution in [0.1, 0.15) is 44.1 Å². The zero-order valence-electron chi connectivity index (χ0n) is 25.3. The van der Waals surface area contributed by atoms with Crippen molar-refractivity contribution in [2.24, 2.45) is 17.3 Å². The molecule has 3 atom stereocenters. The number of anilines is 1. The van der Waals surface area contributed by atoms with Gasteiger partial charge in [-0.15, -0.1) is 0 Å². The highest BCUT2D eigenvalue weighted by molar-refractivity contribution is 7.91. The first kappa shape index (κ1) is 29.9. The standard InChI is InChI=1S/C34H42N4O4S2/c1-43(39,40)36-32-8-5-17-33(32)25-34(33,27-6-3-2-4-7-27)28-15-20-37(21-16-28)22-26-23-38(24-26)29-9-11-30(12-10-29)44(41,42)31-13-18-35-19-14-31/h2-4,6-7,9-14,18-19,26,28,32,36H,5,8,15-17,20-25H2,1H3/t32-,33?,34?/m0/s1. The van der Waals surface area contributed by atoms with Crippen LogP contribution in [0.4, 0.5) is 5.69 Å². The fourth-order valence-electron chi connectivity index (χ4n) is 8.97. The van der Waals surface area contributed by atoms with Gasteiger partial charge in [0.05, 0.1) is 16.0 Å². The second-order valence-electron chi connectivity index (χ2n) is 13.5. The first-order valence-corrected chi connectivity index (χ1v) is 19.2. The molecule has 1 aromatic heterocycles. The number of piperidine rings is 1. The third kappa shape index (κ3) is 5.27. The summed E-state index contributed by atoms with van der Waals surface area (Å²) in [6.45, 7) is 5.20. The molecule has 44 heavy (non-hydrogen) atoms. The van der Waals surface area contributed by atoms with Gasteiger partial charge in [0.1, 0.15) is 0 Å². The van der Waals surface area contributed by atoms with Gasteiger partial charge in [0, 0.05) is 55.1 Å². The van der Waals surface area contributed by atoms with Crippen LogP contribution in [-0.4, -0.2) is 71.7 Å². The van der Waals surface area contributed by atoms with Crippen molar-refractivity contribution in [1.29, 1.82) is 0 Å². The Morgan fingerprint density at radius 2 is 1.52 bits per heavy atom. The summed E-state index contributed by atoms with van der Waals surface area (Å²) in [5, 5.41) is 0. The van der Waals surface area contributed by atoms with E-state index in [-0.39, 0.29) is 21.8 Å². The minimum atomic E-state index is -3.54. The molecule has 2 aliphatic carbocycles. The average molecular weight is 635 g/mol. The van der Waals surface area contributed by atoms with E-state index in [0.717, 1.165) is 76.9 Å². The van der Waals surface area contributed by atoms with Gasteiger partial charge in [-0.05, 0) is 98.5 Å². The second kappa shape index (κ2) is 11.2. The van der Waals surface area contributed by atoms with Crippen molar-refractivity contribution in [3.8, 4) is 0 Å². The number of nitrogens with one attached hydrogen (secondary N) is 1. The van der Waals surface area contributed by atoms with Gasteiger partial charge in [0.15, 0.2) is 0 Å². The second-order valence-corrected chi connectivity index (χ2v) is 17.3. The predicted octanol–water partition coefficient (Wildman–Crippen LogP) is 4.49. The van der Waals surface area contributed by atoms with Crippen LogP contribution in [-0.2, 0) is 25.3 Å². The zero-order valence-corrected chi connectivity index (χ0v) is 26.9. The number of likely N-dealkylation sites (tertiary alicyclic amines) is 1. The van der Waals surface area contributed by atoms with Crippen molar-refractivity contribution in [3.63, 3.8) is 0 Å². The highest BCUT2D eigenvalue weighted by Crippen LogP contribution is 2.76. The lowest BCUT2D eigenvalue weighted by molar-refractivity contribution is 0.121. The molecule has 0 bridgehead atoms. The minimum Gasteiger partial charge on any atom is -0.371 e. The van der Waals surface area contributed by atoms with Gasteiger partial charge in [-0.2, -0.15) is 0 Å². The van der Waals surface area contributed by atoms with Crippen LogP contribution in [0.15, 0.2) is 88.9 Å². The van der Waals surface area contributed by atoms with E-state index in [1.807, 2.05) is 12.1 Å². The lowest BCUT2D eigenvalue weighted by Crippen LogP contribution is -2.53. The molecule has 234 valence electrons. The average Bonchev–Trinajstić information content (AvgIpc) is 3.54. The van der Waals surface area contributed by atoms with Gasteiger partial charge in [0.2, 0.25) is 19.9 Å². The van der Waals surface area contributed by atoms with Gasteiger partial charge in [-0.25, -0.2) is 21.6 Å². The molecular weight excluding hydrogens is 593 g/mol. The SMILES string of the molecule is CS(=O)(=O)N[C@H]1CCCC12CC2(c1ccccc1)C1CCN(CC2CN(c3ccc(S(=O)(=O)c4ccncc4)cc3)C2)CC1. The molecule has 4 fully saturated rings. The molecule has 0 radical (unpaired) electrons. The van der Waals surface area contributed by atoms with Crippen molar-refractivity contribution < 1.29 is 16.8 Å². The lowest BCUT2D eigenvalue weighted by Gasteiger charge is -2.45. The largest absolute Gasteiger partial charge is 0.371 e. The molecule has 7 rings (SSSR count). The Morgan fingerprint density at radius 1 is 0.864 bits per heavy atom. The smallest absolute Gasteiger partial charge is 0.208 e. The number of benzene rings is 2. The maximum atomic E-state index is 12.9. The summed E-state index contributed by atoms with van der Waals surface area (Å²) in [5.74, 6) is 1.16. The van der Waals surface area contributed by atoms with Crippen molar-refractivity contribution in [3.05, 3.63) is 84.7 Å². The molecule has 0 amide bonds. The summed E-state index contributed by atoms with van der Waals surface area (Å²) < 4.78 is 53.4. The molecule has 2 saturated carbocycles. The summed E-state index contributed by atoms with van der Waals surface area (Å²) in [5.41, 5.74) is 2.55. The third-order valence-corrected chi connectivity index (χ3v) is 13.5. The van der Waals surface area contributed by atoms with Crippen LogP contribution in [0.3, 0.4) is 0 Å². The molecule has 3 heterocycles. The van der Waals surface area contributed by atoms with Crippen LogP contribution in [0.2, 0.25) is 0 Å². The number of sulfone groups is 1. The summed E-state index contributed by atoms with van der Waals surface area (Å²) in [7, 11) is -6.80. The van der Waals surface area contributed by atoms with Gasteiger partial charge >= 0.3 is 0 Å². The van der Waals surface area contributed by atoms with E-state index in [0.29, 0.717) is 16.7 Å². The Hall–Kier alpha value is -2.79. The summed E-state index contributed by atoms with van der Waals surface area (Å²) in [4.78, 5) is 9.43. The van der Waals surface area contributed by atoms with Crippen LogP contribution in [0.5, 0.6) is 0 Å². The maximum absolute atomic E-state index is 12.9. The van der Waals surface area contributed by atoms with E-state index in [1.165, 1.54) is 36.3 Å². The Labute approximate surface area is 261 Å². The van der Waals surface area contributed by atoms with E-state index in [9.17, 15) is 16.8 Å². The molecule has 10 heteroatoms. The van der Waals surface area contributed by atoms with Crippen molar-refractivity contribution in [2.75, 3.05) is 43.9 Å². The quantitative estimate of drug-likeness (QED) is 0.370. The topological polar surface area (TPSA) is 99.7 Å². The van der Waals surface area contributed by atoms with Gasteiger partial charge in [0.25, 0.3) is 0 Å². The zero-order chi connectivity index (χ0) is 30.6. The Morgan fingerprint density at radius 3 is 2.18 bits per heavy atom. The molecule has 8 nitrogen and oxygen atoms in total. The van der Waals surface area contributed by atoms with E-state index in [4.69, 9.17) is 0 Å². The van der Waals surface area contributed by atoms with Crippen molar-refractivity contribution in [2.45, 2.75) is 59.8 Å².